The van der Waals surface area contributed by atoms with Crippen LogP contribution in [0.15, 0.2) is 12.1 Å². The van der Waals surface area contributed by atoms with E-state index in [1.54, 1.807) is 11.3 Å². The first-order valence-corrected chi connectivity index (χ1v) is 9.22. The van der Waals surface area contributed by atoms with Crippen LogP contribution in [-0.2, 0) is 20.1 Å². The Kier molecular flexibility index (Phi) is 5.36. The smallest absolute Gasteiger partial charge is 0.146 e. The number of piperidine rings is 1. The molecule has 0 saturated carbocycles. The van der Waals surface area contributed by atoms with Crippen LogP contribution in [0.4, 0.5) is 0 Å². The van der Waals surface area contributed by atoms with Crippen molar-refractivity contribution in [1.82, 2.24) is 24.6 Å². The van der Waals surface area contributed by atoms with E-state index in [9.17, 15) is 0 Å². The van der Waals surface area contributed by atoms with E-state index in [-0.39, 0.29) is 0 Å². The van der Waals surface area contributed by atoms with Crippen molar-refractivity contribution in [2.45, 2.75) is 31.8 Å². The summed E-state index contributed by atoms with van der Waals surface area (Å²) in [6.45, 7) is 4.00. The Morgan fingerprint density at radius 1 is 1.35 bits per heavy atom. The molecule has 1 atom stereocenters. The minimum Gasteiger partial charge on any atom is -0.317 e. The van der Waals surface area contributed by atoms with Gasteiger partial charge in [0.1, 0.15) is 11.6 Å². The molecule has 7 heteroatoms. The van der Waals surface area contributed by atoms with Crippen LogP contribution >= 0.6 is 22.9 Å². The van der Waals surface area contributed by atoms with E-state index in [1.165, 1.54) is 17.7 Å². The summed E-state index contributed by atoms with van der Waals surface area (Å²) in [7, 11) is 6.21. The zero-order valence-electron chi connectivity index (χ0n) is 14.0. The van der Waals surface area contributed by atoms with Crippen LogP contribution in [0.2, 0.25) is 4.34 Å². The van der Waals surface area contributed by atoms with Crippen molar-refractivity contribution in [3.63, 3.8) is 0 Å². The summed E-state index contributed by atoms with van der Waals surface area (Å²) in [6.07, 6.45) is 2.40. The first kappa shape index (κ1) is 16.9. The molecule has 0 aromatic carbocycles. The van der Waals surface area contributed by atoms with Gasteiger partial charge in [-0.05, 0) is 45.6 Å². The average Bonchev–Trinajstić information content (AvgIpc) is 3.06. The third-order valence-corrected chi connectivity index (χ3v) is 5.55. The fourth-order valence-corrected chi connectivity index (χ4v) is 4.35. The molecule has 1 saturated heterocycles. The molecule has 1 aliphatic heterocycles. The van der Waals surface area contributed by atoms with Crippen molar-refractivity contribution in [3.8, 4) is 0 Å². The van der Waals surface area contributed by atoms with Crippen LogP contribution in [0.1, 0.15) is 35.3 Å². The lowest BCUT2D eigenvalue weighted by Crippen LogP contribution is -2.34. The molecule has 0 N–H and O–H groups in total. The Labute approximate surface area is 146 Å². The maximum Gasteiger partial charge on any atom is 0.146 e. The standard InChI is InChI=1S/C16H24ClN5S/c1-20(2)11-15-18-19-16(21(15)3)12-5-4-8-22(9-12)10-13-6-7-14(17)23-13/h6-7,12H,4-5,8-11H2,1-3H3/t12-/m1/s1. The summed E-state index contributed by atoms with van der Waals surface area (Å²) in [6, 6.07) is 4.12. The van der Waals surface area contributed by atoms with E-state index in [0.29, 0.717) is 5.92 Å². The SMILES string of the molecule is CN(C)Cc1nnc([C@@H]2CCCN(Cc3ccc(Cl)s3)C2)n1C. The number of hydrogen-bond donors (Lipinski definition) is 0. The predicted octanol–water partition coefficient (Wildman–Crippen LogP) is 2.97. The second-order valence-electron chi connectivity index (χ2n) is 6.55. The molecule has 3 rings (SSSR count). The van der Waals surface area contributed by atoms with Gasteiger partial charge in [-0.3, -0.25) is 4.90 Å². The van der Waals surface area contributed by atoms with Crippen molar-refractivity contribution in [1.29, 1.82) is 0 Å². The average molecular weight is 354 g/mol. The molecule has 0 bridgehead atoms. The molecule has 2 aromatic rings. The van der Waals surface area contributed by atoms with Crippen LogP contribution in [0.25, 0.3) is 0 Å². The summed E-state index contributed by atoms with van der Waals surface area (Å²) in [5.41, 5.74) is 0. The van der Waals surface area contributed by atoms with E-state index in [4.69, 9.17) is 11.6 Å². The molecule has 0 aliphatic carbocycles. The van der Waals surface area contributed by atoms with Gasteiger partial charge in [0.05, 0.1) is 10.9 Å². The van der Waals surface area contributed by atoms with E-state index in [2.05, 4.69) is 51.8 Å². The van der Waals surface area contributed by atoms with Crippen molar-refractivity contribution in [2.75, 3.05) is 27.2 Å². The Bertz CT molecular complexity index is 651. The van der Waals surface area contributed by atoms with Gasteiger partial charge >= 0.3 is 0 Å². The first-order valence-electron chi connectivity index (χ1n) is 8.02. The summed E-state index contributed by atoms with van der Waals surface area (Å²) < 4.78 is 3.05. The summed E-state index contributed by atoms with van der Waals surface area (Å²) in [4.78, 5) is 5.97. The van der Waals surface area contributed by atoms with Crippen LogP contribution in [0, 0.1) is 0 Å². The molecule has 5 nitrogen and oxygen atoms in total. The molecule has 3 heterocycles. The number of hydrogen-bond acceptors (Lipinski definition) is 5. The number of rotatable bonds is 5. The normalized spacial score (nSPS) is 19.6. The highest BCUT2D eigenvalue weighted by molar-refractivity contribution is 7.16. The van der Waals surface area contributed by atoms with Crippen LogP contribution in [-0.4, -0.2) is 51.7 Å². The lowest BCUT2D eigenvalue weighted by molar-refractivity contribution is 0.196. The Balaban J connectivity index is 1.67. The number of nitrogens with zero attached hydrogens (tertiary/aromatic N) is 5. The number of thiophene rings is 1. The van der Waals surface area contributed by atoms with Gasteiger partial charge in [0, 0.05) is 30.9 Å². The summed E-state index contributed by atoms with van der Waals surface area (Å²) in [5.74, 6) is 2.62. The van der Waals surface area contributed by atoms with Gasteiger partial charge in [-0.1, -0.05) is 11.6 Å². The Hall–Kier alpha value is -0.950. The molecule has 126 valence electrons. The van der Waals surface area contributed by atoms with Crippen LogP contribution < -0.4 is 0 Å². The summed E-state index contributed by atoms with van der Waals surface area (Å²) in [5, 5.41) is 8.86. The molecular formula is C16H24ClN5S. The highest BCUT2D eigenvalue weighted by Crippen LogP contribution is 2.29. The fraction of sp³-hybridized carbons (Fsp3) is 0.625. The monoisotopic (exact) mass is 353 g/mol. The maximum absolute atomic E-state index is 6.04. The molecule has 0 amide bonds. The lowest BCUT2D eigenvalue weighted by Gasteiger charge is -2.31. The molecule has 23 heavy (non-hydrogen) atoms. The van der Waals surface area contributed by atoms with Gasteiger partial charge in [-0.2, -0.15) is 0 Å². The quantitative estimate of drug-likeness (QED) is 0.828. The molecule has 2 aromatic heterocycles. The lowest BCUT2D eigenvalue weighted by atomic mass is 9.97. The van der Waals surface area contributed by atoms with Crippen LogP contribution in [0.5, 0.6) is 0 Å². The van der Waals surface area contributed by atoms with Crippen molar-refractivity contribution in [2.24, 2.45) is 7.05 Å². The topological polar surface area (TPSA) is 37.2 Å². The number of aromatic nitrogens is 3. The van der Waals surface area contributed by atoms with Crippen LogP contribution in [0.3, 0.4) is 0 Å². The van der Waals surface area contributed by atoms with Gasteiger partial charge < -0.3 is 9.47 Å². The third-order valence-electron chi connectivity index (χ3n) is 4.34. The Morgan fingerprint density at radius 2 is 2.17 bits per heavy atom. The van der Waals surface area contributed by atoms with Gasteiger partial charge in [-0.25, -0.2) is 0 Å². The minimum absolute atomic E-state index is 0.465. The van der Waals surface area contributed by atoms with Gasteiger partial charge in [0.2, 0.25) is 0 Å². The second kappa shape index (κ2) is 7.30. The molecular weight excluding hydrogens is 330 g/mol. The molecule has 1 aliphatic rings. The van der Waals surface area contributed by atoms with Crippen molar-refractivity contribution in [3.05, 3.63) is 33.0 Å². The molecule has 0 unspecified atom stereocenters. The maximum atomic E-state index is 6.04. The van der Waals surface area contributed by atoms with E-state index in [1.807, 2.05) is 6.07 Å². The van der Waals surface area contributed by atoms with Gasteiger partial charge in [0.15, 0.2) is 0 Å². The number of halogens is 1. The zero-order chi connectivity index (χ0) is 16.4. The molecule has 0 radical (unpaired) electrons. The van der Waals surface area contributed by atoms with Gasteiger partial charge in [-0.15, -0.1) is 21.5 Å². The number of likely N-dealkylation sites (tertiary alicyclic amines) is 1. The fourth-order valence-electron chi connectivity index (χ4n) is 3.22. The highest BCUT2D eigenvalue weighted by atomic mass is 35.5. The van der Waals surface area contributed by atoms with E-state index < -0.39 is 0 Å². The van der Waals surface area contributed by atoms with E-state index >= 15 is 0 Å². The third kappa shape index (κ3) is 4.12. The first-order chi connectivity index (χ1) is 11.0. The van der Waals surface area contributed by atoms with Crippen molar-refractivity contribution < 1.29 is 0 Å². The summed E-state index contributed by atoms with van der Waals surface area (Å²) >= 11 is 7.72. The minimum atomic E-state index is 0.465. The molecule has 1 fully saturated rings. The van der Waals surface area contributed by atoms with E-state index in [0.717, 1.165) is 42.2 Å². The highest BCUT2D eigenvalue weighted by Gasteiger charge is 2.26. The van der Waals surface area contributed by atoms with Gasteiger partial charge in [0.25, 0.3) is 0 Å². The predicted molar refractivity (Wildman–Crippen MR) is 95.0 cm³/mol. The largest absolute Gasteiger partial charge is 0.317 e. The molecule has 0 spiro atoms. The Morgan fingerprint density at radius 3 is 2.87 bits per heavy atom. The zero-order valence-corrected chi connectivity index (χ0v) is 15.6. The second-order valence-corrected chi connectivity index (χ2v) is 8.35. The van der Waals surface area contributed by atoms with Crippen molar-refractivity contribution >= 4 is 22.9 Å².